The number of H-pyrrole nitrogens is 1. The first-order valence-electron chi connectivity index (χ1n) is 8.59. The van der Waals surface area contributed by atoms with Gasteiger partial charge in [0.15, 0.2) is 11.6 Å². The molecule has 0 aliphatic rings. The van der Waals surface area contributed by atoms with Crippen LogP contribution in [0.3, 0.4) is 0 Å². The summed E-state index contributed by atoms with van der Waals surface area (Å²) in [5.74, 6) is -1.77. The maximum atomic E-state index is 13.8. The predicted octanol–water partition coefficient (Wildman–Crippen LogP) is 4.61. The van der Waals surface area contributed by atoms with E-state index in [-0.39, 0.29) is 21.3 Å². The summed E-state index contributed by atoms with van der Waals surface area (Å²) < 4.78 is 53.9. The van der Waals surface area contributed by atoms with Gasteiger partial charge < -0.3 is 4.98 Å². The number of fused-ring (bicyclic) bond motifs is 1. The number of aromatic amines is 1. The number of hydrogen-bond acceptors (Lipinski definition) is 3. The zero-order chi connectivity index (χ0) is 20.5. The minimum absolute atomic E-state index is 0.0183. The van der Waals surface area contributed by atoms with Crippen LogP contribution in [-0.4, -0.2) is 35.8 Å². The van der Waals surface area contributed by atoms with Gasteiger partial charge in [-0.05, 0) is 30.3 Å². The number of halogens is 3. The summed E-state index contributed by atoms with van der Waals surface area (Å²) in [6, 6.07) is 8.30. The Morgan fingerprint density at radius 1 is 1.21 bits per heavy atom. The Kier molecular flexibility index (Phi) is 5.83. The van der Waals surface area contributed by atoms with Crippen LogP contribution in [0.25, 0.3) is 22.1 Å². The molecule has 9 heteroatoms. The Morgan fingerprint density at radius 2 is 1.93 bits per heavy atom. The zero-order valence-corrected chi connectivity index (χ0v) is 16.8. The molecule has 3 aromatic rings. The first-order chi connectivity index (χ1) is 13.3. The number of rotatable bonds is 6. The number of nitrogens with one attached hydrogen (secondary N) is 1. The normalized spacial score (nSPS) is 12.9. The van der Waals surface area contributed by atoms with Crippen molar-refractivity contribution < 1.29 is 17.2 Å². The number of hydrogen-bond donors (Lipinski definition) is 1. The topological polar surface area (TPSA) is 66.1 Å². The molecule has 0 saturated heterocycles. The molecule has 0 spiro atoms. The number of sulfonamides is 1. The molecule has 1 heterocycles. The molecule has 0 aliphatic carbocycles. The molecular weight excluding hydrogens is 408 g/mol. The number of imidazole rings is 1. The summed E-state index contributed by atoms with van der Waals surface area (Å²) in [4.78, 5) is 7.35. The van der Waals surface area contributed by atoms with Crippen molar-refractivity contribution in [3.8, 4) is 0 Å². The minimum Gasteiger partial charge on any atom is -0.337 e. The second-order valence-corrected chi connectivity index (χ2v) is 8.33. The van der Waals surface area contributed by atoms with Gasteiger partial charge in [-0.15, -0.1) is 0 Å². The molecule has 28 heavy (non-hydrogen) atoms. The van der Waals surface area contributed by atoms with Gasteiger partial charge in [0.25, 0.3) is 0 Å². The molecule has 0 unspecified atom stereocenters. The summed E-state index contributed by atoms with van der Waals surface area (Å²) in [5.41, 5.74) is 0.949. The first-order valence-corrected chi connectivity index (χ1v) is 10.4. The van der Waals surface area contributed by atoms with E-state index in [1.807, 2.05) is 0 Å². The molecule has 0 aliphatic heterocycles. The van der Waals surface area contributed by atoms with Crippen LogP contribution >= 0.6 is 11.6 Å². The van der Waals surface area contributed by atoms with Gasteiger partial charge in [-0.1, -0.05) is 37.6 Å². The summed E-state index contributed by atoms with van der Waals surface area (Å²) in [6.45, 7) is 4.26. The molecule has 2 aromatic carbocycles. The highest BCUT2D eigenvalue weighted by atomic mass is 35.5. The Hall–Kier alpha value is -2.29. The quantitative estimate of drug-likeness (QED) is 0.627. The van der Waals surface area contributed by atoms with Crippen LogP contribution in [0.15, 0.2) is 41.3 Å². The highest BCUT2D eigenvalue weighted by molar-refractivity contribution is 7.89. The van der Waals surface area contributed by atoms with E-state index in [9.17, 15) is 17.2 Å². The largest absolute Gasteiger partial charge is 0.337 e. The van der Waals surface area contributed by atoms with Crippen molar-refractivity contribution >= 4 is 43.8 Å². The van der Waals surface area contributed by atoms with Crippen molar-refractivity contribution in [3.63, 3.8) is 0 Å². The molecule has 3 rings (SSSR count). The van der Waals surface area contributed by atoms with Crippen molar-refractivity contribution in [2.75, 3.05) is 13.1 Å². The average molecular weight is 426 g/mol. The summed E-state index contributed by atoms with van der Waals surface area (Å²) in [5, 5.41) is 0.0638. The molecule has 5 nitrogen and oxygen atoms in total. The smallest absolute Gasteiger partial charge is 0.243 e. The van der Waals surface area contributed by atoms with Gasteiger partial charge in [0, 0.05) is 18.7 Å². The van der Waals surface area contributed by atoms with Crippen molar-refractivity contribution in [1.82, 2.24) is 14.3 Å². The van der Waals surface area contributed by atoms with Gasteiger partial charge in [0.1, 0.15) is 5.82 Å². The summed E-state index contributed by atoms with van der Waals surface area (Å²) in [6.07, 6.45) is 1.26. The number of aromatic nitrogens is 2. The Balaban J connectivity index is 2.01. The Bertz CT molecular complexity index is 1160. The highest BCUT2D eigenvalue weighted by Gasteiger charge is 2.22. The Morgan fingerprint density at radius 3 is 2.61 bits per heavy atom. The molecule has 0 saturated carbocycles. The van der Waals surface area contributed by atoms with Crippen molar-refractivity contribution in [3.05, 3.63) is 59.4 Å². The van der Waals surface area contributed by atoms with E-state index < -0.39 is 21.7 Å². The molecule has 0 bridgehead atoms. The van der Waals surface area contributed by atoms with Gasteiger partial charge in [-0.3, -0.25) is 0 Å². The first kappa shape index (κ1) is 20.4. The number of nitrogens with zero attached hydrogens (tertiary/aromatic N) is 2. The fourth-order valence-electron chi connectivity index (χ4n) is 2.81. The SMILES string of the molecule is CCN(CC)S(=O)(=O)c1ccc2nc(/C(Cl)=C\c3cccc(F)c3F)[nH]c2c1. The van der Waals surface area contributed by atoms with Gasteiger partial charge in [-0.25, -0.2) is 22.2 Å². The summed E-state index contributed by atoms with van der Waals surface area (Å²) >= 11 is 6.21. The van der Waals surface area contributed by atoms with Gasteiger partial charge in [0.2, 0.25) is 10.0 Å². The average Bonchev–Trinajstić information content (AvgIpc) is 3.09. The third kappa shape index (κ3) is 3.80. The maximum Gasteiger partial charge on any atom is 0.243 e. The van der Waals surface area contributed by atoms with E-state index in [1.165, 1.54) is 34.6 Å². The molecule has 148 valence electrons. The molecule has 0 fully saturated rings. The van der Waals surface area contributed by atoms with Gasteiger partial charge in [0.05, 0.1) is 21.0 Å². The lowest BCUT2D eigenvalue weighted by Gasteiger charge is -2.18. The van der Waals surface area contributed by atoms with Crippen LogP contribution in [0, 0.1) is 11.6 Å². The van der Waals surface area contributed by atoms with Crippen LogP contribution in [0.1, 0.15) is 25.2 Å². The lowest BCUT2D eigenvalue weighted by Crippen LogP contribution is -2.30. The highest BCUT2D eigenvalue weighted by Crippen LogP contribution is 2.26. The third-order valence-corrected chi connectivity index (χ3v) is 6.62. The zero-order valence-electron chi connectivity index (χ0n) is 15.2. The van der Waals surface area contributed by atoms with Crippen LogP contribution < -0.4 is 0 Å². The maximum absolute atomic E-state index is 13.8. The second kappa shape index (κ2) is 7.98. The molecule has 0 atom stereocenters. The van der Waals surface area contributed by atoms with Crippen LogP contribution in [0.5, 0.6) is 0 Å². The van der Waals surface area contributed by atoms with Crippen LogP contribution in [-0.2, 0) is 10.0 Å². The van der Waals surface area contributed by atoms with Gasteiger partial charge in [-0.2, -0.15) is 4.31 Å². The van der Waals surface area contributed by atoms with Crippen LogP contribution in [0.2, 0.25) is 0 Å². The number of benzene rings is 2. The second-order valence-electron chi connectivity index (χ2n) is 5.99. The molecule has 1 N–H and O–H groups in total. The van der Waals surface area contributed by atoms with Crippen molar-refractivity contribution in [1.29, 1.82) is 0 Å². The predicted molar refractivity (Wildman–Crippen MR) is 106 cm³/mol. The van der Waals surface area contributed by atoms with E-state index in [4.69, 9.17) is 11.6 Å². The molecule has 0 radical (unpaired) electrons. The van der Waals surface area contributed by atoms with Crippen molar-refractivity contribution in [2.45, 2.75) is 18.7 Å². The fourth-order valence-corrected chi connectivity index (χ4v) is 4.50. The van der Waals surface area contributed by atoms with Crippen LogP contribution in [0.4, 0.5) is 8.78 Å². The van der Waals surface area contributed by atoms with E-state index >= 15 is 0 Å². The molecule has 0 amide bonds. The minimum atomic E-state index is -3.62. The van der Waals surface area contributed by atoms with E-state index in [0.717, 1.165) is 6.07 Å². The summed E-state index contributed by atoms with van der Waals surface area (Å²) in [7, 11) is -3.62. The monoisotopic (exact) mass is 425 g/mol. The third-order valence-electron chi connectivity index (χ3n) is 4.29. The Labute approximate surface area is 166 Å². The van der Waals surface area contributed by atoms with E-state index in [0.29, 0.717) is 24.1 Å². The van der Waals surface area contributed by atoms with Gasteiger partial charge >= 0.3 is 0 Å². The fraction of sp³-hybridized carbons (Fsp3) is 0.211. The molecular formula is C19H18ClF2N3O2S. The lowest BCUT2D eigenvalue weighted by atomic mass is 10.2. The lowest BCUT2D eigenvalue weighted by molar-refractivity contribution is 0.445. The van der Waals surface area contributed by atoms with E-state index in [2.05, 4.69) is 9.97 Å². The van der Waals surface area contributed by atoms with Crippen molar-refractivity contribution in [2.24, 2.45) is 0 Å². The van der Waals surface area contributed by atoms with E-state index in [1.54, 1.807) is 19.9 Å². The standard InChI is InChI=1S/C19H18ClF2N3O2S/c1-3-25(4-2)28(26,27)13-8-9-16-17(11-13)24-19(23-16)14(20)10-12-6-5-7-15(21)18(12)22/h5-11H,3-4H2,1-2H3,(H,23,24)/b14-10+. The molecule has 1 aromatic heterocycles.